The Balaban J connectivity index is 2.60. The number of carbonyl (C=O) groups is 1. The number of hydrogen-bond donors (Lipinski definition) is 1. The van der Waals surface area contributed by atoms with Crippen LogP contribution in [0.4, 0.5) is 13.2 Å². The van der Waals surface area contributed by atoms with Gasteiger partial charge in [0.1, 0.15) is 0 Å². The largest absolute Gasteiger partial charge is 0.481 e. The fraction of sp³-hybridized carbons (Fsp3) is 0.909. The fourth-order valence-corrected chi connectivity index (χ4v) is 4.05. The second kappa shape index (κ2) is 6.30. The van der Waals surface area contributed by atoms with E-state index in [0.717, 1.165) is 4.31 Å². The van der Waals surface area contributed by atoms with Gasteiger partial charge in [0.2, 0.25) is 10.0 Å². The fourth-order valence-electron chi connectivity index (χ4n) is 2.32. The zero-order valence-corrected chi connectivity index (χ0v) is 11.9. The third-order valence-electron chi connectivity index (χ3n) is 3.63. The summed E-state index contributed by atoms with van der Waals surface area (Å²) < 4.78 is 62.7. The van der Waals surface area contributed by atoms with Crippen LogP contribution in [0, 0.1) is 5.92 Å². The molecule has 0 heterocycles. The first kappa shape index (κ1) is 17.2. The predicted molar refractivity (Wildman–Crippen MR) is 65.6 cm³/mol. The summed E-state index contributed by atoms with van der Waals surface area (Å²) in [5.41, 5.74) is 0. The Bertz CT molecular complexity index is 441. The molecule has 0 spiro atoms. The number of hydrogen-bond acceptors (Lipinski definition) is 3. The minimum atomic E-state index is -4.27. The highest BCUT2D eigenvalue weighted by atomic mass is 32.2. The predicted octanol–water partition coefficient (Wildman–Crippen LogP) is 1.84. The lowest BCUT2D eigenvalue weighted by Gasteiger charge is -2.31. The van der Waals surface area contributed by atoms with Gasteiger partial charge in [-0.1, -0.05) is 0 Å². The van der Waals surface area contributed by atoms with Gasteiger partial charge in [0.15, 0.2) is 0 Å². The van der Waals surface area contributed by atoms with Gasteiger partial charge in [-0.2, -0.15) is 13.2 Å². The third-order valence-corrected chi connectivity index (χ3v) is 6.00. The Morgan fingerprint density at radius 3 is 2.15 bits per heavy atom. The molecule has 0 radical (unpaired) electrons. The van der Waals surface area contributed by atoms with Crippen molar-refractivity contribution in [1.29, 1.82) is 0 Å². The normalized spacial score (nSPS) is 24.9. The van der Waals surface area contributed by atoms with Crippen LogP contribution in [-0.2, 0) is 14.8 Å². The summed E-state index contributed by atoms with van der Waals surface area (Å²) in [5, 5.41) is 7.67. The summed E-state index contributed by atoms with van der Waals surface area (Å²) >= 11 is 0. The maximum absolute atomic E-state index is 12.5. The molecule has 1 fully saturated rings. The number of alkyl halides is 3. The van der Waals surface area contributed by atoms with E-state index < -0.39 is 33.3 Å². The molecule has 1 aliphatic rings. The highest BCUT2D eigenvalue weighted by Gasteiger charge is 2.44. The Morgan fingerprint density at radius 1 is 1.25 bits per heavy atom. The number of nitrogens with zero attached hydrogens (tertiary/aromatic N) is 1. The van der Waals surface area contributed by atoms with Crippen molar-refractivity contribution >= 4 is 16.0 Å². The van der Waals surface area contributed by atoms with E-state index >= 15 is 0 Å². The van der Waals surface area contributed by atoms with Crippen LogP contribution in [0.15, 0.2) is 0 Å². The smallest absolute Gasteiger partial charge is 0.391 e. The lowest BCUT2D eigenvalue weighted by Crippen LogP contribution is -2.40. The van der Waals surface area contributed by atoms with Gasteiger partial charge in [0.25, 0.3) is 0 Å². The van der Waals surface area contributed by atoms with E-state index in [0.29, 0.717) is 0 Å². The van der Waals surface area contributed by atoms with Crippen LogP contribution < -0.4 is 0 Å². The molecule has 1 saturated carbocycles. The van der Waals surface area contributed by atoms with Gasteiger partial charge < -0.3 is 5.11 Å². The summed E-state index contributed by atoms with van der Waals surface area (Å²) in [6.45, 7) is -0.170. The van der Waals surface area contributed by atoms with Gasteiger partial charge in [-0.25, -0.2) is 12.7 Å². The van der Waals surface area contributed by atoms with Crippen LogP contribution >= 0.6 is 0 Å². The molecule has 0 amide bonds. The summed E-state index contributed by atoms with van der Waals surface area (Å²) in [6.07, 6.45) is -5.06. The first-order valence-electron chi connectivity index (χ1n) is 6.28. The van der Waals surface area contributed by atoms with E-state index in [4.69, 9.17) is 5.11 Å². The van der Waals surface area contributed by atoms with Crippen LogP contribution in [0.2, 0.25) is 0 Å². The maximum Gasteiger partial charge on any atom is 0.391 e. The average Bonchev–Trinajstić information content (AvgIpc) is 2.34. The number of rotatable bonds is 5. The molecule has 0 bridgehead atoms. The van der Waals surface area contributed by atoms with E-state index in [2.05, 4.69) is 0 Å². The summed E-state index contributed by atoms with van der Waals surface area (Å²) in [5.74, 6) is -2.55. The maximum atomic E-state index is 12.5. The number of sulfonamides is 1. The third kappa shape index (κ3) is 4.34. The number of aliphatic carboxylic acids is 1. The molecule has 118 valence electrons. The summed E-state index contributed by atoms with van der Waals surface area (Å²) in [4.78, 5) is 10.4. The first-order chi connectivity index (χ1) is 9.05. The summed E-state index contributed by atoms with van der Waals surface area (Å²) in [7, 11) is -2.47. The molecular weight excluding hydrogens is 299 g/mol. The second-order valence-electron chi connectivity index (χ2n) is 5.03. The number of carboxylic acid groups (broad SMARTS) is 1. The zero-order chi connectivity index (χ0) is 15.6. The number of carboxylic acids is 1. The van der Waals surface area contributed by atoms with E-state index in [1.54, 1.807) is 0 Å². The molecule has 1 N–H and O–H groups in total. The molecule has 5 nitrogen and oxygen atoms in total. The quantitative estimate of drug-likeness (QED) is 0.839. The Labute approximate surface area is 115 Å². The van der Waals surface area contributed by atoms with Crippen molar-refractivity contribution in [2.45, 2.75) is 43.5 Å². The first-order valence-corrected chi connectivity index (χ1v) is 7.79. The van der Waals surface area contributed by atoms with Crippen molar-refractivity contribution in [3.63, 3.8) is 0 Å². The van der Waals surface area contributed by atoms with Gasteiger partial charge in [-0.3, -0.25) is 4.79 Å². The Morgan fingerprint density at radius 2 is 1.75 bits per heavy atom. The molecule has 1 rings (SSSR count). The van der Waals surface area contributed by atoms with Gasteiger partial charge in [0.05, 0.1) is 17.6 Å². The molecule has 0 aromatic carbocycles. The SMILES string of the molecule is CN(CCC(=O)O)S(=O)(=O)C1CCC(C(F)(F)F)CC1. The van der Waals surface area contributed by atoms with Crippen LogP contribution in [0.1, 0.15) is 32.1 Å². The lowest BCUT2D eigenvalue weighted by atomic mass is 9.88. The highest BCUT2D eigenvalue weighted by Crippen LogP contribution is 2.39. The van der Waals surface area contributed by atoms with Crippen molar-refractivity contribution in [3.8, 4) is 0 Å². The van der Waals surface area contributed by atoms with Crippen molar-refractivity contribution in [2.24, 2.45) is 5.92 Å². The van der Waals surface area contributed by atoms with Crippen LogP contribution in [-0.4, -0.2) is 48.8 Å². The molecular formula is C11H18F3NO4S. The number of halogens is 3. The Hall–Kier alpha value is -0.830. The van der Waals surface area contributed by atoms with Gasteiger partial charge in [-0.05, 0) is 25.7 Å². The van der Waals surface area contributed by atoms with Crippen molar-refractivity contribution in [2.75, 3.05) is 13.6 Å². The molecule has 0 aromatic rings. The monoisotopic (exact) mass is 317 g/mol. The molecule has 0 unspecified atom stereocenters. The molecule has 0 aromatic heterocycles. The second-order valence-corrected chi connectivity index (χ2v) is 7.35. The van der Waals surface area contributed by atoms with Crippen molar-refractivity contribution in [1.82, 2.24) is 4.31 Å². The zero-order valence-electron chi connectivity index (χ0n) is 11.1. The molecule has 1 aliphatic carbocycles. The topological polar surface area (TPSA) is 74.7 Å². The van der Waals surface area contributed by atoms with E-state index in [1.165, 1.54) is 7.05 Å². The van der Waals surface area contributed by atoms with Crippen LogP contribution in [0.25, 0.3) is 0 Å². The van der Waals surface area contributed by atoms with Crippen LogP contribution in [0.3, 0.4) is 0 Å². The van der Waals surface area contributed by atoms with Gasteiger partial charge >= 0.3 is 12.1 Å². The molecule has 9 heteroatoms. The van der Waals surface area contributed by atoms with Crippen molar-refractivity contribution in [3.05, 3.63) is 0 Å². The molecule has 0 atom stereocenters. The molecule has 0 aliphatic heterocycles. The highest BCUT2D eigenvalue weighted by molar-refractivity contribution is 7.89. The van der Waals surface area contributed by atoms with E-state index in [-0.39, 0.29) is 38.6 Å². The molecule has 20 heavy (non-hydrogen) atoms. The standard InChI is InChI=1S/C11H18F3NO4S/c1-15(7-6-10(16)17)20(18,19)9-4-2-8(3-5-9)11(12,13)14/h8-9H,2-7H2,1H3,(H,16,17). The molecule has 0 saturated heterocycles. The van der Waals surface area contributed by atoms with E-state index in [9.17, 15) is 26.4 Å². The van der Waals surface area contributed by atoms with Crippen molar-refractivity contribution < 1.29 is 31.5 Å². The van der Waals surface area contributed by atoms with Gasteiger partial charge in [-0.15, -0.1) is 0 Å². The Kier molecular flexibility index (Phi) is 5.42. The van der Waals surface area contributed by atoms with E-state index in [1.807, 2.05) is 0 Å². The van der Waals surface area contributed by atoms with Crippen LogP contribution in [0.5, 0.6) is 0 Å². The lowest BCUT2D eigenvalue weighted by molar-refractivity contribution is -0.181. The summed E-state index contributed by atoms with van der Waals surface area (Å²) in [6, 6.07) is 0. The minimum Gasteiger partial charge on any atom is -0.481 e. The minimum absolute atomic E-state index is 0.0378. The average molecular weight is 317 g/mol. The van der Waals surface area contributed by atoms with Gasteiger partial charge in [0, 0.05) is 13.6 Å².